The molecule has 0 aliphatic heterocycles. The number of amides is 1. The molecule has 0 atom stereocenters. The van der Waals surface area contributed by atoms with Gasteiger partial charge in [0.25, 0.3) is 5.91 Å². The van der Waals surface area contributed by atoms with Crippen LogP contribution in [0.15, 0.2) is 11.4 Å². The minimum absolute atomic E-state index is 0.283. The third kappa shape index (κ3) is 4.93. The summed E-state index contributed by atoms with van der Waals surface area (Å²) in [6, 6.07) is 1.60. The standard InChI is InChI=1S/C12H12F3NO2S/c1-16(6-5-12(13,14)15)11(18)10-9(3-2-7-17)4-8-19-10/h4,8,17H,5-7H2,1H3. The zero-order chi connectivity index (χ0) is 14.5. The number of thiophene rings is 1. The maximum atomic E-state index is 12.1. The molecule has 19 heavy (non-hydrogen) atoms. The number of aliphatic hydroxyl groups excluding tert-OH is 1. The Hall–Kier alpha value is -1.52. The van der Waals surface area contributed by atoms with E-state index in [2.05, 4.69) is 11.8 Å². The molecule has 0 aliphatic rings. The number of alkyl halides is 3. The van der Waals surface area contributed by atoms with Gasteiger partial charge in [0.15, 0.2) is 0 Å². The smallest absolute Gasteiger partial charge is 0.384 e. The molecule has 1 heterocycles. The van der Waals surface area contributed by atoms with E-state index in [4.69, 9.17) is 5.11 Å². The lowest BCUT2D eigenvalue weighted by atomic mass is 10.2. The molecule has 0 bridgehead atoms. The van der Waals surface area contributed by atoms with Gasteiger partial charge in [-0.2, -0.15) is 13.2 Å². The van der Waals surface area contributed by atoms with E-state index in [9.17, 15) is 18.0 Å². The Morgan fingerprint density at radius 1 is 1.53 bits per heavy atom. The molecule has 1 aromatic heterocycles. The molecule has 1 N–H and O–H groups in total. The first-order valence-corrected chi connectivity index (χ1v) is 6.22. The van der Waals surface area contributed by atoms with Crippen molar-refractivity contribution in [3.63, 3.8) is 0 Å². The molecule has 1 rings (SSSR count). The fourth-order valence-corrected chi connectivity index (χ4v) is 2.12. The summed E-state index contributed by atoms with van der Waals surface area (Å²) >= 11 is 1.11. The quantitative estimate of drug-likeness (QED) is 0.867. The lowest BCUT2D eigenvalue weighted by Gasteiger charge is -2.17. The zero-order valence-electron chi connectivity index (χ0n) is 10.1. The summed E-state index contributed by atoms with van der Waals surface area (Å²) in [7, 11) is 1.32. The maximum Gasteiger partial charge on any atom is 0.390 e. The molecule has 0 fully saturated rings. The van der Waals surface area contributed by atoms with Crippen LogP contribution in [-0.2, 0) is 0 Å². The number of nitrogens with zero attached hydrogens (tertiary/aromatic N) is 1. The van der Waals surface area contributed by atoms with Crippen LogP contribution < -0.4 is 0 Å². The summed E-state index contributed by atoms with van der Waals surface area (Å²) < 4.78 is 36.2. The topological polar surface area (TPSA) is 40.5 Å². The number of rotatable bonds is 3. The van der Waals surface area contributed by atoms with Crippen molar-refractivity contribution in [2.75, 3.05) is 20.2 Å². The predicted molar refractivity (Wildman–Crippen MR) is 65.9 cm³/mol. The first-order chi connectivity index (χ1) is 8.85. The van der Waals surface area contributed by atoms with Crippen LogP contribution in [0.5, 0.6) is 0 Å². The second-order valence-corrected chi connectivity index (χ2v) is 4.63. The fourth-order valence-electron chi connectivity index (χ4n) is 1.28. The zero-order valence-corrected chi connectivity index (χ0v) is 10.9. The minimum Gasteiger partial charge on any atom is -0.384 e. The second-order valence-electron chi connectivity index (χ2n) is 3.72. The molecule has 0 aliphatic carbocycles. The number of carbonyl (C=O) groups is 1. The minimum atomic E-state index is -4.29. The van der Waals surface area contributed by atoms with Gasteiger partial charge in [-0.15, -0.1) is 11.3 Å². The van der Waals surface area contributed by atoms with Gasteiger partial charge in [0.05, 0.1) is 6.42 Å². The predicted octanol–water partition coefficient (Wildman–Crippen LogP) is 2.12. The van der Waals surface area contributed by atoms with Gasteiger partial charge in [-0.25, -0.2) is 0 Å². The average molecular weight is 291 g/mol. The lowest BCUT2D eigenvalue weighted by Crippen LogP contribution is -2.30. The van der Waals surface area contributed by atoms with Crippen molar-refractivity contribution in [2.24, 2.45) is 0 Å². The van der Waals surface area contributed by atoms with E-state index < -0.39 is 25.0 Å². The van der Waals surface area contributed by atoms with Crippen LogP contribution in [0, 0.1) is 11.8 Å². The molecular formula is C12H12F3NO2S. The van der Waals surface area contributed by atoms with E-state index in [0.29, 0.717) is 5.56 Å². The van der Waals surface area contributed by atoms with Gasteiger partial charge in [-0.3, -0.25) is 4.79 Å². The van der Waals surface area contributed by atoms with Crippen LogP contribution in [0.25, 0.3) is 0 Å². The first kappa shape index (κ1) is 15.5. The number of carbonyl (C=O) groups excluding carboxylic acids is 1. The third-order valence-corrected chi connectivity index (χ3v) is 3.14. The molecule has 1 aromatic rings. The van der Waals surface area contributed by atoms with E-state index in [1.165, 1.54) is 7.05 Å². The normalized spacial score (nSPS) is 10.8. The molecule has 104 valence electrons. The molecule has 0 aromatic carbocycles. The number of hydrogen-bond acceptors (Lipinski definition) is 3. The van der Waals surface area contributed by atoms with Gasteiger partial charge in [-0.05, 0) is 11.4 Å². The molecule has 0 radical (unpaired) electrons. The van der Waals surface area contributed by atoms with Crippen LogP contribution in [0.1, 0.15) is 21.7 Å². The van der Waals surface area contributed by atoms with Gasteiger partial charge < -0.3 is 10.0 Å². The molecule has 1 amide bonds. The van der Waals surface area contributed by atoms with Gasteiger partial charge in [-0.1, -0.05) is 11.8 Å². The molecule has 0 unspecified atom stereocenters. The Morgan fingerprint density at radius 3 is 2.79 bits per heavy atom. The third-order valence-electron chi connectivity index (χ3n) is 2.24. The molecule has 3 nitrogen and oxygen atoms in total. The molecule has 7 heteroatoms. The van der Waals surface area contributed by atoms with E-state index in [-0.39, 0.29) is 11.5 Å². The van der Waals surface area contributed by atoms with Crippen LogP contribution in [0.4, 0.5) is 13.2 Å². The monoisotopic (exact) mass is 291 g/mol. The Morgan fingerprint density at radius 2 is 2.21 bits per heavy atom. The van der Waals surface area contributed by atoms with Gasteiger partial charge >= 0.3 is 6.18 Å². The first-order valence-electron chi connectivity index (χ1n) is 5.34. The van der Waals surface area contributed by atoms with E-state index in [1.54, 1.807) is 11.4 Å². The molecular weight excluding hydrogens is 279 g/mol. The second kappa shape index (κ2) is 6.59. The van der Waals surface area contributed by atoms with E-state index in [1.807, 2.05) is 0 Å². The van der Waals surface area contributed by atoms with E-state index in [0.717, 1.165) is 16.2 Å². The lowest BCUT2D eigenvalue weighted by molar-refractivity contribution is -0.136. The van der Waals surface area contributed by atoms with Crippen molar-refractivity contribution in [1.82, 2.24) is 4.90 Å². The van der Waals surface area contributed by atoms with E-state index >= 15 is 0 Å². The van der Waals surface area contributed by atoms with Crippen molar-refractivity contribution in [3.8, 4) is 11.8 Å². The number of halogens is 3. The van der Waals surface area contributed by atoms with Crippen LogP contribution in [0.2, 0.25) is 0 Å². The number of aliphatic hydroxyl groups is 1. The summed E-state index contributed by atoms with van der Waals surface area (Å²) in [5.41, 5.74) is 0.419. The highest BCUT2D eigenvalue weighted by Gasteiger charge is 2.28. The van der Waals surface area contributed by atoms with Crippen LogP contribution in [-0.4, -0.2) is 42.3 Å². The summed E-state index contributed by atoms with van der Waals surface area (Å²) in [4.78, 5) is 13.2. The number of hydrogen-bond donors (Lipinski definition) is 1. The summed E-state index contributed by atoms with van der Waals surface area (Å²) in [6.45, 7) is -0.736. The highest BCUT2D eigenvalue weighted by Crippen LogP contribution is 2.21. The van der Waals surface area contributed by atoms with Crippen LogP contribution >= 0.6 is 11.3 Å². The van der Waals surface area contributed by atoms with Gasteiger partial charge in [0, 0.05) is 19.2 Å². The average Bonchev–Trinajstić information content (AvgIpc) is 2.79. The SMILES string of the molecule is CN(CCC(F)(F)F)C(=O)c1sccc1C#CCO. The summed E-state index contributed by atoms with van der Waals surface area (Å²) in [5.74, 6) is 4.50. The fraction of sp³-hybridized carbons (Fsp3) is 0.417. The van der Waals surface area contributed by atoms with Crippen molar-refractivity contribution in [1.29, 1.82) is 0 Å². The highest BCUT2D eigenvalue weighted by atomic mass is 32.1. The summed E-state index contributed by atoms with van der Waals surface area (Å²) in [5, 5.41) is 10.2. The van der Waals surface area contributed by atoms with Crippen molar-refractivity contribution >= 4 is 17.2 Å². The summed E-state index contributed by atoms with van der Waals surface area (Å²) in [6.07, 6.45) is -5.33. The Bertz CT molecular complexity index is 499. The maximum absolute atomic E-state index is 12.1. The Kier molecular flexibility index (Phi) is 5.39. The largest absolute Gasteiger partial charge is 0.390 e. The molecule has 0 saturated carbocycles. The van der Waals surface area contributed by atoms with Gasteiger partial charge in [0.2, 0.25) is 0 Å². The molecule has 0 saturated heterocycles. The molecule has 0 spiro atoms. The Labute approximate surface area is 112 Å². The van der Waals surface area contributed by atoms with Crippen molar-refractivity contribution < 1.29 is 23.1 Å². The Balaban J connectivity index is 2.75. The highest BCUT2D eigenvalue weighted by molar-refractivity contribution is 7.12. The van der Waals surface area contributed by atoms with Crippen LogP contribution in [0.3, 0.4) is 0 Å². The van der Waals surface area contributed by atoms with Gasteiger partial charge in [0.1, 0.15) is 11.5 Å². The van der Waals surface area contributed by atoms with Crippen molar-refractivity contribution in [3.05, 3.63) is 21.9 Å². The van der Waals surface area contributed by atoms with Crippen molar-refractivity contribution in [2.45, 2.75) is 12.6 Å².